The highest BCUT2D eigenvalue weighted by atomic mass is 32.1. The van der Waals surface area contributed by atoms with Crippen LogP contribution in [0.15, 0.2) is 53.6 Å². The second kappa shape index (κ2) is 13.2. The highest BCUT2D eigenvalue weighted by Gasteiger charge is 2.38. The first kappa shape index (κ1) is 33.6. The summed E-state index contributed by atoms with van der Waals surface area (Å²) in [4.78, 5) is 53.1. The number of carbonyl (C=O) groups is 2. The van der Waals surface area contributed by atoms with E-state index in [2.05, 4.69) is 33.9 Å². The van der Waals surface area contributed by atoms with Crippen molar-refractivity contribution in [1.29, 1.82) is 0 Å². The summed E-state index contributed by atoms with van der Waals surface area (Å²) in [7, 11) is 1.71. The lowest BCUT2D eigenvalue weighted by molar-refractivity contribution is -0.142. The molecule has 4 aromatic rings. The van der Waals surface area contributed by atoms with Gasteiger partial charge in [-0.15, -0.1) is 11.3 Å². The molecule has 6 heterocycles. The molecule has 0 bridgehead atoms. The first-order valence-corrected chi connectivity index (χ1v) is 18.6. The van der Waals surface area contributed by atoms with Crippen molar-refractivity contribution in [3.63, 3.8) is 0 Å². The van der Waals surface area contributed by atoms with E-state index in [1.807, 2.05) is 41.4 Å². The van der Waals surface area contributed by atoms with E-state index < -0.39 is 5.97 Å². The first-order valence-electron chi connectivity index (χ1n) is 17.8. The molecule has 266 valence electrons. The zero-order valence-corrected chi connectivity index (χ0v) is 30.5. The van der Waals surface area contributed by atoms with Gasteiger partial charge >= 0.3 is 5.97 Å². The molecule has 0 atom stereocenters. The minimum atomic E-state index is -0.410. The molecule has 1 N–H and O–H groups in total. The fraction of sp³-hybridized carbons (Fsp3) is 0.436. The monoisotopic (exact) mass is 708 g/mol. The third-order valence-corrected chi connectivity index (χ3v) is 12.0. The summed E-state index contributed by atoms with van der Waals surface area (Å²) < 4.78 is 12.5. The fourth-order valence-electron chi connectivity index (χ4n) is 7.93. The highest BCUT2D eigenvalue weighted by Crippen LogP contribution is 2.46. The number of anilines is 4. The summed E-state index contributed by atoms with van der Waals surface area (Å²) in [5.41, 5.74) is 6.96. The Hall–Kier alpha value is -4.52. The second-order valence-corrected chi connectivity index (χ2v) is 16.0. The number of esters is 1. The van der Waals surface area contributed by atoms with E-state index >= 15 is 0 Å². The van der Waals surface area contributed by atoms with Crippen molar-refractivity contribution in [3.05, 3.63) is 85.6 Å². The van der Waals surface area contributed by atoms with E-state index in [-0.39, 0.29) is 23.5 Å². The molecule has 0 spiro atoms. The van der Waals surface area contributed by atoms with Crippen LogP contribution in [0.1, 0.15) is 52.0 Å². The largest absolute Gasteiger partial charge is 0.461 e. The Kier molecular flexibility index (Phi) is 8.72. The van der Waals surface area contributed by atoms with Gasteiger partial charge in [0.2, 0.25) is 0 Å². The number of carbonyl (C=O) groups excluding carboxylic acids is 2. The lowest BCUT2D eigenvalue weighted by Crippen LogP contribution is -2.56. The van der Waals surface area contributed by atoms with Crippen LogP contribution < -0.4 is 20.7 Å². The van der Waals surface area contributed by atoms with Crippen LogP contribution in [0.3, 0.4) is 0 Å². The highest BCUT2D eigenvalue weighted by molar-refractivity contribution is 7.14. The number of nitrogens with zero attached hydrogens (tertiary/aromatic N) is 5. The zero-order chi connectivity index (χ0) is 35.4. The van der Waals surface area contributed by atoms with Crippen LogP contribution in [0.4, 0.5) is 22.9 Å². The lowest BCUT2D eigenvalue weighted by atomic mass is 9.89. The van der Waals surface area contributed by atoms with Crippen LogP contribution in [0.5, 0.6) is 0 Å². The van der Waals surface area contributed by atoms with Crippen LogP contribution in [0.25, 0.3) is 11.1 Å². The molecule has 12 heteroatoms. The molecule has 3 aliphatic heterocycles. The van der Waals surface area contributed by atoms with Crippen molar-refractivity contribution in [2.24, 2.45) is 12.5 Å². The van der Waals surface area contributed by atoms with Crippen molar-refractivity contribution in [3.8, 4) is 11.1 Å². The van der Waals surface area contributed by atoms with E-state index in [4.69, 9.17) is 9.47 Å². The Bertz CT molecular complexity index is 2060. The van der Waals surface area contributed by atoms with Gasteiger partial charge in [0.1, 0.15) is 18.1 Å². The van der Waals surface area contributed by atoms with Gasteiger partial charge in [-0.1, -0.05) is 26.0 Å². The van der Waals surface area contributed by atoms with Gasteiger partial charge < -0.3 is 29.2 Å². The van der Waals surface area contributed by atoms with Crippen molar-refractivity contribution in [2.45, 2.75) is 52.7 Å². The molecule has 0 unspecified atom stereocenters. The Balaban J connectivity index is 1.06. The molecule has 0 radical (unpaired) electrons. The van der Waals surface area contributed by atoms with Gasteiger partial charge in [-0.2, -0.15) is 0 Å². The van der Waals surface area contributed by atoms with Crippen LogP contribution >= 0.6 is 11.3 Å². The molecule has 2 fully saturated rings. The van der Waals surface area contributed by atoms with E-state index in [9.17, 15) is 14.4 Å². The first-order chi connectivity index (χ1) is 24.5. The summed E-state index contributed by atoms with van der Waals surface area (Å²) >= 11 is 1.64. The van der Waals surface area contributed by atoms with Gasteiger partial charge in [0.25, 0.3) is 11.5 Å². The Labute approximate surface area is 301 Å². The molecule has 3 aromatic heterocycles. The van der Waals surface area contributed by atoms with E-state index in [1.165, 1.54) is 27.5 Å². The quantitative estimate of drug-likeness (QED) is 0.248. The summed E-state index contributed by atoms with van der Waals surface area (Å²) in [5, 5.41) is 3.25. The average molecular weight is 709 g/mol. The van der Waals surface area contributed by atoms with E-state index in [0.717, 1.165) is 80.3 Å². The number of thiophene rings is 1. The van der Waals surface area contributed by atoms with Gasteiger partial charge in [-0.3, -0.25) is 19.3 Å². The van der Waals surface area contributed by atoms with Crippen molar-refractivity contribution in [2.75, 3.05) is 61.1 Å². The number of amides is 1. The number of fused-ring (bicyclic) bond motifs is 3. The maximum atomic E-state index is 14.1. The van der Waals surface area contributed by atoms with Gasteiger partial charge in [0.15, 0.2) is 0 Å². The van der Waals surface area contributed by atoms with Crippen LogP contribution in [0.2, 0.25) is 0 Å². The van der Waals surface area contributed by atoms with Crippen molar-refractivity contribution >= 4 is 46.1 Å². The van der Waals surface area contributed by atoms with Crippen LogP contribution in [-0.4, -0.2) is 78.3 Å². The van der Waals surface area contributed by atoms with Crippen molar-refractivity contribution < 1.29 is 19.1 Å². The number of pyridine rings is 2. The predicted molar refractivity (Wildman–Crippen MR) is 199 cm³/mol. The number of nitrogens with one attached hydrogen (secondary N) is 1. The number of benzene rings is 1. The standard InChI is InChI=1S/C39H44N6O5S/c1-24(46)50-23-31-28(6-5-7-33(31)45-11-10-29-30-17-39(2,3)18-34(30)51-36(29)38(45)48)25-16-32(37(47)42(4)20-25)41-35-9-8-26(19-40-35)43-12-14-44(15-13-43)27-21-49-22-27/h5-9,16,19-20,27H,10-15,17-18,21-23H2,1-4H3,(H,40,41). The molecule has 8 rings (SSSR count). The minimum absolute atomic E-state index is 0.01000. The summed E-state index contributed by atoms with van der Waals surface area (Å²) in [6.45, 7) is 12.0. The number of piperazine rings is 1. The van der Waals surface area contributed by atoms with Gasteiger partial charge in [0.05, 0.1) is 41.7 Å². The molecule has 2 saturated heterocycles. The molecule has 51 heavy (non-hydrogen) atoms. The molecular weight excluding hydrogens is 665 g/mol. The summed E-state index contributed by atoms with van der Waals surface area (Å²) in [6, 6.07) is 12.1. The molecule has 1 amide bonds. The van der Waals surface area contributed by atoms with E-state index in [1.54, 1.807) is 30.6 Å². The van der Waals surface area contributed by atoms with Crippen molar-refractivity contribution in [1.82, 2.24) is 14.5 Å². The maximum Gasteiger partial charge on any atom is 0.302 e. The second-order valence-electron chi connectivity index (χ2n) is 14.9. The number of rotatable bonds is 8. The third-order valence-electron chi connectivity index (χ3n) is 10.7. The minimum Gasteiger partial charge on any atom is -0.461 e. The Morgan fingerprint density at radius 1 is 1.06 bits per heavy atom. The smallest absolute Gasteiger partial charge is 0.302 e. The number of hydrogen-bond donors (Lipinski definition) is 1. The molecule has 1 aliphatic carbocycles. The lowest BCUT2D eigenvalue weighted by Gasteiger charge is -2.43. The number of aromatic nitrogens is 2. The topological polar surface area (TPSA) is 109 Å². The average Bonchev–Trinajstić information content (AvgIpc) is 3.58. The summed E-state index contributed by atoms with van der Waals surface area (Å²) in [6.07, 6.45) is 6.41. The van der Waals surface area contributed by atoms with Crippen LogP contribution in [0, 0.1) is 5.41 Å². The number of hydrogen-bond acceptors (Lipinski definition) is 10. The fourth-order valence-corrected chi connectivity index (χ4v) is 9.50. The summed E-state index contributed by atoms with van der Waals surface area (Å²) in [5.74, 6) is 0.141. The zero-order valence-electron chi connectivity index (χ0n) is 29.7. The maximum absolute atomic E-state index is 14.1. The van der Waals surface area contributed by atoms with Crippen LogP contribution in [-0.2, 0) is 47.2 Å². The SMILES string of the molecule is CC(=O)OCc1c(-c2cc(Nc3ccc(N4CCN(C5COC5)CC4)cn3)c(=O)n(C)c2)cccc1N1CCc2c(sc3c2CC(C)(C)C3)C1=O. The molecular formula is C39H44N6O5S. The number of aryl methyl sites for hydroxylation is 1. The van der Waals surface area contributed by atoms with E-state index in [0.29, 0.717) is 35.3 Å². The normalized spacial score (nSPS) is 18.7. The predicted octanol–water partition coefficient (Wildman–Crippen LogP) is 5.16. The number of ether oxygens (including phenoxy) is 2. The Morgan fingerprint density at radius 3 is 2.57 bits per heavy atom. The molecule has 11 nitrogen and oxygen atoms in total. The Morgan fingerprint density at radius 2 is 1.86 bits per heavy atom. The van der Waals surface area contributed by atoms with Gasteiger partial charge in [-0.25, -0.2) is 4.98 Å². The third kappa shape index (κ3) is 6.45. The molecule has 1 aromatic carbocycles. The molecule has 0 saturated carbocycles. The van der Waals surface area contributed by atoms with Gasteiger partial charge in [-0.05, 0) is 65.6 Å². The van der Waals surface area contributed by atoms with Gasteiger partial charge in [0, 0.05) is 68.9 Å². The molecule has 4 aliphatic rings.